The average molecular weight is 606 g/mol. The topological polar surface area (TPSA) is 80.2 Å². The lowest BCUT2D eigenvalue weighted by Crippen LogP contribution is -2.51. The Hall–Kier alpha value is -3.16. The van der Waals surface area contributed by atoms with Crippen LogP contribution < -0.4 is 10.1 Å². The van der Waals surface area contributed by atoms with Crippen molar-refractivity contribution in [3.63, 3.8) is 0 Å². The van der Waals surface area contributed by atoms with E-state index in [1.165, 1.54) is 19.3 Å². The zero-order valence-corrected chi connectivity index (χ0v) is 24.3. The summed E-state index contributed by atoms with van der Waals surface area (Å²) in [6.07, 6.45) is 6.43. The molecule has 1 fully saturated rings. The van der Waals surface area contributed by atoms with Gasteiger partial charge in [-0.15, -0.1) is 0 Å². The standard InChI is InChI=1S/C33H37BrN2O4/c34-28-16-12-24(13-17-28)22-33(32(38)35-23-25-8-3-1-4-9-25)30(26-10-5-2-6-11-26)40-31(36-33)27-14-18-29(19-15-27)39-21-7-20-37/h2,5-6,10-19,25,30,37H,1,3-4,7-9,20-23H2,(H,35,38)/t30-,33-/m1/s1. The third-order valence-electron chi connectivity index (χ3n) is 7.80. The molecule has 0 saturated heterocycles. The fraction of sp³-hybridized carbons (Fsp3) is 0.394. The Morgan fingerprint density at radius 2 is 1.73 bits per heavy atom. The highest BCUT2D eigenvalue weighted by Crippen LogP contribution is 2.42. The van der Waals surface area contributed by atoms with Crippen LogP contribution in [0.1, 0.15) is 61.3 Å². The van der Waals surface area contributed by atoms with Gasteiger partial charge in [0.1, 0.15) is 5.75 Å². The van der Waals surface area contributed by atoms with Crippen molar-refractivity contribution in [1.29, 1.82) is 0 Å². The van der Waals surface area contributed by atoms with Crippen LogP contribution in [0.15, 0.2) is 88.3 Å². The second-order valence-corrected chi connectivity index (χ2v) is 11.6. The summed E-state index contributed by atoms with van der Waals surface area (Å²) in [6, 6.07) is 25.5. The Kier molecular flexibility index (Phi) is 9.55. The molecule has 40 heavy (non-hydrogen) atoms. The number of carbonyl (C=O) groups excluding carboxylic acids is 1. The molecule has 0 radical (unpaired) electrons. The van der Waals surface area contributed by atoms with E-state index < -0.39 is 11.6 Å². The summed E-state index contributed by atoms with van der Waals surface area (Å²) in [7, 11) is 0. The number of nitrogens with one attached hydrogen (secondary N) is 1. The van der Waals surface area contributed by atoms with E-state index in [2.05, 4.69) is 21.2 Å². The first-order valence-electron chi connectivity index (χ1n) is 14.3. The molecule has 0 spiro atoms. The molecule has 0 bridgehead atoms. The Morgan fingerprint density at radius 3 is 2.42 bits per heavy atom. The van der Waals surface area contributed by atoms with E-state index in [1.807, 2.05) is 78.9 Å². The SMILES string of the molecule is O=C(NCC1CCCCC1)[C@]1(Cc2ccc(Br)cc2)N=C(c2ccc(OCCCO)cc2)O[C@@H]1c1ccccc1. The van der Waals surface area contributed by atoms with Crippen LogP contribution in [0, 0.1) is 5.92 Å². The maximum atomic E-state index is 14.3. The normalized spacial score (nSPS) is 20.9. The molecular formula is C33H37BrN2O4. The van der Waals surface area contributed by atoms with Crippen LogP contribution in [-0.4, -0.2) is 42.2 Å². The van der Waals surface area contributed by atoms with E-state index in [1.54, 1.807) is 0 Å². The Morgan fingerprint density at radius 1 is 1.00 bits per heavy atom. The molecule has 3 aromatic rings. The number of aliphatic imine (C=N–C) groups is 1. The second kappa shape index (κ2) is 13.5. The monoisotopic (exact) mass is 604 g/mol. The number of nitrogens with zero attached hydrogens (tertiary/aromatic N) is 1. The van der Waals surface area contributed by atoms with Crippen LogP contribution in [0.3, 0.4) is 0 Å². The van der Waals surface area contributed by atoms with Gasteiger partial charge in [-0.2, -0.15) is 0 Å². The number of hydrogen-bond acceptors (Lipinski definition) is 5. The van der Waals surface area contributed by atoms with Gasteiger partial charge in [-0.05, 0) is 66.3 Å². The highest BCUT2D eigenvalue weighted by atomic mass is 79.9. The number of aliphatic hydroxyl groups excluding tert-OH is 1. The van der Waals surface area contributed by atoms with Crippen molar-refractivity contribution in [2.75, 3.05) is 19.8 Å². The van der Waals surface area contributed by atoms with E-state index >= 15 is 0 Å². The Labute approximate surface area is 245 Å². The van der Waals surface area contributed by atoms with Gasteiger partial charge in [-0.3, -0.25) is 4.79 Å². The minimum atomic E-state index is -1.17. The lowest BCUT2D eigenvalue weighted by molar-refractivity contribution is -0.129. The predicted octanol–water partition coefficient (Wildman–Crippen LogP) is 6.41. The zero-order chi connectivity index (χ0) is 27.8. The number of rotatable bonds is 11. The average Bonchev–Trinajstić information content (AvgIpc) is 3.39. The maximum absolute atomic E-state index is 14.3. The number of ether oxygens (including phenoxy) is 2. The summed E-state index contributed by atoms with van der Waals surface area (Å²) in [5.41, 5.74) is 1.54. The largest absolute Gasteiger partial charge is 0.494 e. The van der Waals surface area contributed by atoms with Crippen molar-refractivity contribution in [2.24, 2.45) is 10.9 Å². The van der Waals surface area contributed by atoms with Crippen molar-refractivity contribution in [1.82, 2.24) is 5.32 Å². The minimum absolute atomic E-state index is 0.0901. The zero-order valence-electron chi connectivity index (χ0n) is 22.7. The third-order valence-corrected chi connectivity index (χ3v) is 8.32. The molecule has 1 saturated carbocycles. The fourth-order valence-electron chi connectivity index (χ4n) is 5.60. The molecule has 1 amide bonds. The first kappa shape index (κ1) is 28.4. The highest BCUT2D eigenvalue weighted by Gasteiger charge is 2.53. The summed E-state index contributed by atoms with van der Waals surface area (Å²) >= 11 is 3.53. The van der Waals surface area contributed by atoms with E-state index in [-0.39, 0.29) is 12.5 Å². The van der Waals surface area contributed by atoms with Gasteiger partial charge >= 0.3 is 0 Å². The molecule has 210 valence electrons. The van der Waals surface area contributed by atoms with Gasteiger partial charge in [0.15, 0.2) is 11.6 Å². The number of amides is 1. The van der Waals surface area contributed by atoms with Crippen LogP contribution in [0.25, 0.3) is 0 Å². The summed E-state index contributed by atoms with van der Waals surface area (Å²) < 4.78 is 13.3. The van der Waals surface area contributed by atoms with E-state index in [4.69, 9.17) is 19.6 Å². The first-order valence-corrected chi connectivity index (χ1v) is 15.0. The molecular weight excluding hydrogens is 568 g/mol. The molecule has 2 atom stereocenters. The molecule has 2 aliphatic rings. The van der Waals surface area contributed by atoms with Gasteiger partial charge in [-0.25, -0.2) is 4.99 Å². The van der Waals surface area contributed by atoms with Crippen molar-refractivity contribution >= 4 is 27.7 Å². The lowest BCUT2D eigenvalue weighted by Gasteiger charge is -2.32. The highest BCUT2D eigenvalue weighted by molar-refractivity contribution is 9.10. The van der Waals surface area contributed by atoms with Gasteiger partial charge in [-0.1, -0.05) is 77.7 Å². The quantitative estimate of drug-likeness (QED) is 0.248. The number of hydrogen-bond donors (Lipinski definition) is 2. The van der Waals surface area contributed by atoms with Crippen LogP contribution in [0.4, 0.5) is 0 Å². The molecule has 3 aromatic carbocycles. The fourth-order valence-corrected chi connectivity index (χ4v) is 5.87. The van der Waals surface area contributed by atoms with Gasteiger partial charge in [0.25, 0.3) is 5.91 Å². The summed E-state index contributed by atoms with van der Waals surface area (Å²) in [6.45, 7) is 1.20. The predicted molar refractivity (Wildman–Crippen MR) is 161 cm³/mol. The van der Waals surface area contributed by atoms with Crippen molar-refractivity contribution in [2.45, 2.75) is 56.6 Å². The Balaban J connectivity index is 1.50. The summed E-state index contributed by atoms with van der Waals surface area (Å²) in [5, 5.41) is 12.3. The molecule has 2 N–H and O–H groups in total. The van der Waals surface area contributed by atoms with Crippen LogP contribution in [-0.2, 0) is 16.0 Å². The van der Waals surface area contributed by atoms with Crippen LogP contribution >= 0.6 is 15.9 Å². The van der Waals surface area contributed by atoms with E-state index in [0.29, 0.717) is 43.6 Å². The Bertz CT molecular complexity index is 1270. The molecule has 6 nitrogen and oxygen atoms in total. The third kappa shape index (κ3) is 6.76. The number of carbonyl (C=O) groups is 1. The van der Waals surface area contributed by atoms with Gasteiger partial charge < -0.3 is 19.9 Å². The van der Waals surface area contributed by atoms with E-state index in [0.717, 1.165) is 34.0 Å². The van der Waals surface area contributed by atoms with Crippen molar-refractivity contribution < 1.29 is 19.4 Å². The van der Waals surface area contributed by atoms with Crippen molar-refractivity contribution in [3.8, 4) is 5.75 Å². The summed E-state index contributed by atoms with van der Waals surface area (Å²) in [4.78, 5) is 19.4. The minimum Gasteiger partial charge on any atom is -0.494 e. The first-order chi connectivity index (χ1) is 19.6. The molecule has 5 rings (SSSR count). The smallest absolute Gasteiger partial charge is 0.252 e. The van der Waals surface area contributed by atoms with E-state index in [9.17, 15) is 4.79 Å². The van der Waals surface area contributed by atoms with Gasteiger partial charge in [0, 0.05) is 36.0 Å². The molecule has 1 aliphatic carbocycles. The maximum Gasteiger partial charge on any atom is 0.252 e. The number of halogens is 1. The molecule has 1 heterocycles. The lowest BCUT2D eigenvalue weighted by atomic mass is 9.81. The van der Waals surface area contributed by atoms with Crippen molar-refractivity contribution in [3.05, 3.63) is 100 Å². The van der Waals surface area contributed by atoms with Gasteiger partial charge in [0.05, 0.1) is 6.61 Å². The number of aliphatic hydroxyl groups is 1. The summed E-state index contributed by atoms with van der Waals surface area (Å²) in [5.74, 6) is 1.55. The second-order valence-electron chi connectivity index (χ2n) is 10.7. The molecule has 1 aliphatic heterocycles. The molecule has 7 heteroatoms. The molecule has 0 unspecified atom stereocenters. The van der Waals surface area contributed by atoms with Gasteiger partial charge in [0.2, 0.25) is 5.90 Å². The molecule has 0 aromatic heterocycles. The van der Waals surface area contributed by atoms with Crippen LogP contribution in [0.5, 0.6) is 5.75 Å². The number of benzene rings is 3. The van der Waals surface area contributed by atoms with Crippen LogP contribution in [0.2, 0.25) is 0 Å².